The van der Waals surface area contributed by atoms with Gasteiger partial charge in [-0.1, -0.05) is 90.6 Å². The third kappa shape index (κ3) is 8.96. The Labute approximate surface area is 253 Å². The van der Waals surface area contributed by atoms with Gasteiger partial charge in [-0.3, -0.25) is 13.9 Å². The summed E-state index contributed by atoms with van der Waals surface area (Å²) in [5.41, 5.74) is 3.39. The molecule has 0 fully saturated rings. The van der Waals surface area contributed by atoms with E-state index in [1.54, 1.807) is 37.3 Å². The summed E-state index contributed by atoms with van der Waals surface area (Å²) in [6.45, 7) is 5.60. The van der Waals surface area contributed by atoms with Crippen LogP contribution in [0.25, 0.3) is 0 Å². The summed E-state index contributed by atoms with van der Waals surface area (Å²) in [6, 6.07) is 18.8. The third-order valence-corrected chi connectivity index (χ3v) is 8.63. The van der Waals surface area contributed by atoms with Gasteiger partial charge >= 0.3 is 0 Å². The number of hydrogen-bond donors (Lipinski definition) is 1. The van der Waals surface area contributed by atoms with Crippen LogP contribution in [-0.2, 0) is 32.6 Å². The Balaban J connectivity index is 2.10. The third-order valence-electron chi connectivity index (χ3n) is 6.79. The van der Waals surface area contributed by atoms with E-state index < -0.39 is 28.5 Å². The van der Waals surface area contributed by atoms with Gasteiger partial charge in [-0.2, -0.15) is 0 Å². The minimum absolute atomic E-state index is 0.0828. The Kier molecular flexibility index (Phi) is 11.6. The van der Waals surface area contributed by atoms with Crippen LogP contribution in [0, 0.1) is 13.8 Å². The van der Waals surface area contributed by atoms with Crippen LogP contribution in [0.2, 0.25) is 10.0 Å². The van der Waals surface area contributed by atoms with Crippen LogP contribution in [0.5, 0.6) is 0 Å². The molecule has 0 saturated carbocycles. The van der Waals surface area contributed by atoms with Crippen molar-refractivity contribution in [1.29, 1.82) is 0 Å². The first-order valence-electron chi connectivity index (χ1n) is 13.5. The first-order valence-corrected chi connectivity index (χ1v) is 16.1. The molecule has 41 heavy (non-hydrogen) atoms. The minimum atomic E-state index is -3.86. The minimum Gasteiger partial charge on any atom is -0.354 e. The first-order chi connectivity index (χ1) is 19.4. The largest absolute Gasteiger partial charge is 0.354 e. The summed E-state index contributed by atoms with van der Waals surface area (Å²) >= 11 is 13.0. The van der Waals surface area contributed by atoms with Gasteiger partial charge in [-0.25, -0.2) is 8.42 Å². The Morgan fingerprint density at radius 2 is 1.61 bits per heavy atom. The molecule has 0 aliphatic carbocycles. The highest BCUT2D eigenvalue weighted by molar-refractivity contribution is 7.92. The van der Waals surface area contributed by atoms with Crippen molar-refractivity contribution in [2.75, 3.05) is 23.7 Å². The number of carbonyl (C=O) groups is 2. The number of hydrogen-bond acceptors (Lipinski definition) is 4. The summed E-state index contributed by atoms with van der Waals surface area (Å²) in [4.78, 5) is 29.3. The molecule has 0 heterocycles. The molecule has 0 aromatic heterocycles. The number of sulfonamides is 1. The second-order valence-electron chi connectivity index (χ2n) is 10.1. The van der Waals surface area contributed by atoms with Gasteiger partial charge in [0.25, 0.3) is 0 Å². The van der Waals surface area contributed by atoms with Gasteiger partial charge in [0.1, 0.15) is 12.6 Å². The first kappa shape index (κ1) is 32.4. The molecule has 3 aromatic rings. The summed E-state index contributed by atoms with van der Waals surface area (Å²) in [7, 11) is -3.86. The summed E-state index contributed by atoms with van der Waals surface area (Å²) in [5.74, 6) is -0.894. The SMILES string of the molecule is CCCCNC(=O)C(Cc1ccccc1)N(Cc1c(Cl)cccc1Cl)C(=O)CN(c1ccc(C)cc1C)S(C)(=O)=O. The smallest absolute Gasteiger partial charge is 0.244 e. The zero-order chi connectivity index (χ0) is 30.2. The quantitative estimate of drug-likeness (QED) is 0.241. The fraction of sp³-hybridized carbons (Fsp3) is 0.355. The molecule has 0 aliphatic rings. The number of anilines is 1. The Morgan fingerprint density at radius 1 is 0.951 bits per heavy atom. The van der Waals surface area contributed by atoms with Crippen molar-refractivity contribution in [1.82, 2.24) is 10.2 Å². The number of amides is 2. The second-order valence-corrected chi connectivity index (χ2v) is 12.9. The maximum atomic E-state index is 14.2. The van der Waals surface area contributed by atoms with Gasteiger partial charge in [0.05, 0.1) is 11.9 Å². The van der Waals surface area contributed by atoms with E-state index in [9.17, 15) is 18.0 Å². The molecule has 0 radical (unpaired) electrons. The Morgan fingerprint density at radius 3 is 2.20 bits per heavy atom. The lowest BCUT2D eigenvalue weighted by Crippen LogP contribution is -2.53. The van der Waals surface area contributed by atoms with Gasteiger partial charge in [0, 0.05) is 35.1 Å². The van der Waals surface area contributed by atoms with Gasteiger partial charge in [-0.15, -0.1) is 0 Å². The molecule has 7 nitrogen and oxygen atoms in total. The maximum absolute atomic E-state index is 14.2. The molecule has 1 atom stereocenters. The van der Waals surface area contributed by atoms with Gasteiger partial charge in [0.2, 0.25) is 21.8 Å². The maximum Gasteiger partial charge on any atom is 0.244 e. The van der Waals surface area contributed by atoms with E-state index >= 15 is 0 Å². The lowest BCUT2D eigenvalue weighted by Gasteiger charge is -2.34. The molecule has 220 valence electrons. The van der Waals surface area contributed by atoms with E-state index in [4.69, 9.17) is 23.2 Å². The number of rotatable bonds is 13. The predicted octanol–water partition coefficient (Wildman–Crippen LogP) is 5.93. The van der Waals surface area contributed by atoms with E-state index in [2.05, 4.69) is 5.32 Å². The zero-order valence-corrected chi connectivity index (χ0v) is 26.2. The Bertz CT molecular complexity index is 1450. The molecule has 10 heteroatoms. The van der Waals surface area contributed by atoms with Crippen LogP contribution in [0.15, 0.2) is 66.7 Å². The molecule has 3 rings (SSSR count). The highest BCUT2D eigenvalue weighted by Gasteiger charge is 2.34. The number of benzene rings is 3. The molecule has 2 amide bonds. The molecule has 0 aliphatic heterocycles. The number of nitrogens with one attached hydrogen (secondary N) is 1. The van der Waals surface area contributed by atoms with Crippen molar-refractivity contribution in [3.8, 4) is 0 Å². The second kappa shape index (κ2) is 14.7. The van der Waals surface area contributed by atoms with E-state index in [-0.39, 0.29) is 18.9 Å². The van der Waals surface area contributed by atoms with Crippen LogP contribution in [0.3, 0.4) is 0 Å². The van der Waals surface area contributed by atoms with E-state index in [1.807, 2.05) is 50.2 Å². The fourth-order valence-electron chi connectivity index (χ4n) is 4.59. The standard InChI is InChI=1S/C31H37Cl2N3O4S/c1-5-6-17-34-31(38)29(19-24-11-8-7-9-12-24)35(20-25-26(32)13-10-14-27(25)33)30(37)21-36(41(4,39)40)28-16-15-22(2)18-23(28)3/h7-16,18,29H,5-6,17,19-21H2,1-4H3,(H,34,38). The average Bonchev–Trinajstić information content (AvgIpc) is 2.91. The van der Waals surface area contributed by atoms with Crippen LogP contribution in [0.1, 0.15) is 42.0 Å². The average molecular weight is 619 g/mol. The summed E-state index contributed by atoms with van der Waals surface area (Å²) in [6.07, 6.45) is 2.95. The van der Waals surface area contributed by atoms with Gasteiger partial charge in [0.15, 0.2) is 0 Å². The number of nitrogens with zero attached hydrogens (tertiary/aromatic N) is 2. The molecule has 0 saturated heterocycles. The van der Waals surface area contributed by atoms with Crippen molar-refractivity contribution < 1.29 is 18.0 Å². The van der Waals surface area contributed by atoms with Crippen molar-refractivity contribution in [3.05, 3.63) is 99.0 Å². The van der Waals surface area contributed by atoms with E-state index in [0.717, 1.165) is 34.5 Å². The molecular weight excluding hydrogens is 581 g/mol. The van der Waals surface area contributed by atoms with E-state index in [0.29, 0.717) is 33.4 Å². The number of halogens is 2. The Hall–Kier alpha value is -3.07. The fourth-order valence-corrected chi connectivity index (χ4v) is 6.02. The lowest BCUT2D eigenvalue weighted by atomic mass is 10.0. The van der Waals surface area contributed by atoms with Crippen molar-refractivity contribution >= 4 is 50.7 Å². The molecule has 1 N–H and O–H groups in total. The molecular formula is C31H37Cl2N3O4S. The van der Waals surface area contributed by atoms with Crippen LogP contribution >= 0.6 is 23.2 Å². The lowest BCUT2D eigenvalue weighted by molar-refractivity contribution is -0.140. The van der Waals surface area contributed by atoms with Crippen LogP contribution in [0.4, 0.5) is 5.69 Å². The normalized spacial score (nSPS) is 12.0. The van der Waals surface area contributed by atoms with Gasteiger partial charge < -0.3 is 10.2 Å². The van der Waals surface area contributed by atoms with Crippen LogP contribution < -0.4 is 9.62 Å². The van der Waals surface area contributed by atoms with Crippen LogP contribution in [-0.4, -0.2) is 50.5 Å². The monoisotopic (exact) mass is 617 g/mol. The summed E-state index contributed by atoms with van der Waals surface area (Å²) in [5, 5.41) is 3.64. The van der Waals surface area contributed by atoms with Crippen molar-refractivity contribution in [2.24, 2.45) is 0 Å². The molecule has 3 aromatic carbocycles. The number of unbranched alkanes of at least 4 members (excludes halogenated alkanes) is 1. The topological polar surface area (TPSA) is 86.8 Å². The number of aryl methyl sites for hydroxylation is 2. The highest BCUT2D eigenvalue weighted by Crippen LogP contribution is 2.28. The van der Waals surface area contributed by atoms with Gasteiger partial charge in [-0.05, 0) is 49.6 Å². The zero-order valence-electron chi connectivity index (χ0n) is 23.9. The predicted molar refractivity (Wildman–Crippen MR) is 167 cm³/mol. The summed E-state index contributed by atoms with van der Waals surface area (Å²) < 4.78 is 27.1. The molecule has 0 bridgehead atoms. The van der Waals surface area contributed by atoms with Crippen molar-refractivity contribution in [2.45, 2.75) is 52.6 Å². The number of carbonyl (C=O) groups excluding carboxylic acids is 2. The van der Waals surface area contributed by atoms with Crippen molar-refractivity contribution in [3.63, 3.8) is 0 Å². The van der Waals surface area contributed by atoms with E-state index in [1.165, 1.54) is 4.90 Å². The molecule has 1 unspecified atom stereocenters. The highest BCUT2D eigenvalue weighted by atomic mass is 35.5. The molecule has 0 spiro atoms.